The van der Waals surface area contributed by atoms with E-state index in [1.807, 2.05) is 0 Å². The van der Waals surface area contributed by atoms with E-state index in [0.29, 0.717) is 10.6 Å². The van der Waals surface area contributed by atoms with Gasteiger partial charge in [0, 0.05) is 5.02 Å². The molecule has 100 valence electrons. The number of rotatable bonds is 5. The van der Waals surface area contributed by atoms with Gasteiger partial charge in [0.1, 0.15) is 5.78 Å². The molecule has 0 saturated heterocycles. The van der Waals surface area contributed by atoms with Gasteiger partial charge in [0.25, 0.3) is 0 Å². The Bertz CT molecular complexity index is 535. The summed E-state index contributed by atoms with van der Waals surface area (Å²) < 4.78 is 26.2. The van der Waals surface area contributed by atoms with Crippen LogP contribution in [0.3, 0.4) is 0 Å². The smallest absolute Gasteiger partial charge is 0.216 e. The van der Waals surface area contributed by atoms with E-state index in [0.717, 1.165) is 0 Å². The highest BCUT2D eigenvalue weighted by Gasteiger charge is 2.29. The first kappa shape index (κ1) is 15.1. The van der Waals surface area contributed by atoms with Crippen molar-refractivity contribution in [2.75, 3.05) is 0 Å². The quantitative estimate of drug-likeness (QED) is 0.903. The molecule has 0 fully saturated rings. The van der Waals surface area contributed by atoms with E-state index in [-0.39, 0.29) is 11.5 Å². The molecular formula is C12H16ClNO3S. The summed E-state index contributed by atoms with van der Waals surface area (Å²) in [5.41, 5.74) is -0.475. The topological polar surface area (TPSA) is 63.2 Å². The number of benzene rings is 1. The Morgan fingerprint density at radius 3 is 2.22 bits per heavy atom. The number of hydrogen-bond donors (Lipinski definition) is 1. The number of halogens is 1. The van der Waals surface area contributed by atoms with Crippen molar-refractivity contribution < 1.29 is 13.2 Å². The van der Waals surface area contributed by atoms with Crippen LogP contribution in [0.2, 0.25) is 5.02 Å². The van der Waals surface area contributed by atoms with E-state index in [4.69, 9.17) is 11.6 Å². The highest BCUT2D eigenvalue weighted by molar-refractivity contribution is 7.88. The zero-order valence-corrected chi connectivity index (χ0v) is 12.1. The van der Waals surface area contributed by atoms with Crippen molar-refractivity contribution in [3.63, 3.8) is 0 Å². The fourth-order valence-corrected chi connectivity index (χ4v) is 3.05. The second kappa shape index (κ2) is 5.38. The van der Waals surface area contributed by atoms with Crippen molar-refractivity contribution in [2.45, 2.75) is 32.1 Å². The van der Waals surface area contributed by atoms with Crippen LogP contribution in [0, 0.1) is 0 Å². The van der Waals surface area contributed by atoms with Crippen LogP contribution in [0.25, 0.3) is 0 Å². The first-order valence-corrected chi connectivity index (χ1v) is 7.42. The van der Waals surface area contributed by atoms with Crippen LogP contribution < -0.4 is 4.72 Å². The molecular weight excluding hydrogens is 274 g/mol. The first-order chi connectivity index (χ1) is 8.12. The number of carbonyl (C=O) groups excluding carboxylic acids is 1. The number of Topliss-reactive ketones (excluding diaryl/α,β-unsaturated/α-hetero) is 1. The average molecular weight is 290 g/mol. The zero-order chi connectivity index (χ0) is 14.0. The molecule has 0 aromatic heterocycles. The molecule has 0 unspecified atom stereocenters. The highest BCUT2D eigenvalue weighted by atomic mass is 35.5. The monoisotopic (exact) mass is 289 g/mol. The minimum atomic E-state index is -3.56. The molecule has 1 N–H and O–H groups in total. The van der Waals surface area contributed by atoms with Crippen LogP contribution >= 0.6 is 11.6 Å². The van der Waals surface area contributed by atoms with Crippen molar-refractivity contribution in [3.8, 4) is 0 Å². The van der Waals surface area contributed by atoms with E-state index >= 15 is 0 Å². The Morgan fingerprint density at radius 1 is 1.28 bits per heavy atom. The molecule has 0 bridgehead atoms. The fourth-order valence-electron chi connectivity index (χ4n) is 1.30. The normalized spacial score (nSPS) is 12.4. The van der Waals surface area contributed by atoms with Gasteiger partial charge in [-0.25, -0.2) is 13.1 Å². The molecule has 1 aromatic carbocycles. The third kappa shape index (κ3) is 4.40. The van der Waals surface area contributed by atoms with Crippen LogP contribution in [0.1, 0.15) is 26.3 Å². The molecule has 6 heteroatoms. The first-order valence-electron chi connectivity index (χ1n) is 5.39. The fraction of sp³-hybridized carbons (Fsp3) is 0.417. The molecule has 0 saturated carbocycles. The van der Waals surface area contributed by atoms with Gasteiger partial charge < -0.3 is 0 Å². The molecule has 0 atom stereocenters. The van der Waals surface area contributed by atoms with E-state index in [1.54, 1.807) is 24.3 Å². The number of carbonyl (C=O) groups is 1. The van der Waals surface area contributed by atoms with Crippen molar-refractivity contribution in [1.82, 2.24) is 4.72 Å². The molecule has 0 radical (unpaired) electrons. The summed E-state index contributed by atoms with van der Waals surface area (Å²) in [5, 5.41) is 0.549. The summed E-state index contributed by atoms with van der Waals surface area (Å²) in [6.45, 7) is 4.42. The predicted octanol–water partition coefficient (Wildman–Crippen LogP) is 2.13. The van der Waals surface area contributed by atoms with Crippen molar-refractivity contribution in [2.24, 2.45) is 0 Å². The molecule has 0 aliphatic rings. The van der Waals surface area contributed by atoms with Gasteiger partial charge in [0.2, 0.25) is 10.0 Å². The second-order valence-corrected chi connectivity index (χ2v) is 6.83. The molecule has 0 amide bonds. The van der Waals surface area contributed by atoms with E-state index in [9.17, 15) is 13.2 Å². The molecule has 0 aliphatic carbocycles. The van der Waals surface area contributed by atoms with E-state index in [2.05, 4.69) is 4.72 Å². The third-order valence-corrected chi connectivity index (χ3v) is 4.35. The summed E-state index contributed by atoms with van der Waals surface area (Å²) in [7, 11) is -3.56. The lowest BCUT2D eigenvalue weighted by Gasteiger charge is -2.22. The van der Waals surface area contributed by atoms with Gasteiger partial charge in [-0.2, -0.15) is 0 Å². The van der Waals surface area contributed by atoms with Crippen molar-refractivity contribution >= 4 is 27.4 Å². The van der Waals surface area contributed by atoms with Crippen LogP contribution in [0.15, 0.2) is 24.3 Å². The second-order valence-electron chi connectivity index (χ2n) is 4.67. The summed E-state index contributed by atoms with van der Waals surface area (Å²) in [6, 6.07) is 6.54. The van der Waals surface area contributed by atoms with Crippen molar-refractivity contribution in [1.29, 1.82) is 0 Å². The zero-order valence-electron chi connectivity index (χ0n) is 10.5. The minimum Gasteiger partial charge on any atom is -0.298 e. The van der Waals surface area contributed by atoms with Crippen LogP contribution in [0.4, 0.5) is 0 Å². The van der Waals surface area contributed by atoms with Crippen LogP contribution in [-0.4, -0.2) is 19.7 Å². The summed E-state index contributed by atoms with van der Waals surface area (Å²) >= 11 is 5.72. The average Bonchev–Trinajstić information content (AvgIpc) is 2.19. The highest BCUT2D eigenvalue weighted by Crippen LogP contribution is 2.13. The lowest BCUT2D eigenvalue weighted by molar-refractivity contribution is -0.121. The van der Waals surface area contributed by atoms with Gasteiger partial charge in [0.05, 0.1) is 11.3 Å². The molecule has 4 nitrogen and oxygen atoms in total. The number of hydrogen-bond acceptors (Lipinski definition) is 3. The van der Waals surface area contributed by atoms with Gasteiger partial charge in [-0.05, 0) is 38.5 Å². The Kier molecular flexibility index (Phi) is 4.53. The van der Waals surface area contributed by atoms with Gasteiger partial charge in [-0.3, -0.25) is 4.79 Å². The third-order valence-electron chi connectivity index (χ3n) is 2.56. The standard InChI is InChI=1S/C12H16ClNO3S/c1-9(15)12(2,3)14-18(16,17)8-10-4-6-11(13)7-5-10/h4-7,14H,8H2,1-3H3. The Hall–Kier alpha value is -0.910. The predicted molar refractivity (Wildman–Crippen MR) is 72.0 cm³/mol. The van der Waals surface area contributed by atoms with Crippen LogP contribution in [-0.2, 0) is 20.6 Å². The van der Waals surface area contributed by atoms with Gasteiger partial charge in [-0.15, -0.1) is 0 Å². The largest absolute Gasteiger partial charge is 0.298 e. The lowest BCUT2D eigenvalue weighted by atomic mass is 10.0. The van der Waals surface area contributed by atoms with Crippen LogP contribution in [0.5, 0.6) is 0 Å². The van der Waals surface area contributed by atoms with Gasteiger partial charge in [-0.1, -0.05) is 23.7 Å². The summed E-state index contributed by atoms with van der Waals surface area (Å²) in [6.07, 6.45) is 0. The molecule has 0 heterocycles. The maximum atomic E-state index is 11.9. The number of nitrogens with one attached hydrogen (secondary N) is 1. The van der Waals surface area contributed by atoms with E-state index < -0.39 is 15.6 Å². The van der Waals surface area contributed by atoms with Gasteiger partial charge >= 0.3 is 0 Å². The summed E-state index contributed by atoms with van der Waals surface area (Å²) in [5.74, 6) is -0.414. The maximum absolute atomic E-state index is 11.9. The lowest BCUT2D eigenvalue weighted by Crippen LogP contribution is -2.48. The number of sulfonamides is 1. The van der Waals surface area contributed by atoms with Gasteiger partial charge in [0.15, 0.2) is 0 Å². The molecule has 0 aliphatic heterocycles. The molecule has 1 rings (SSSR count). The Morgan fingerprint density at radius 2 is 1.78 bits per heavy atom. The summed E-state index contributed by atoms with van der Waals surface area (Å²) in [4.78, 5) is 11.3. The molecule has 18 heavy (non-hydrogen) atoms. The molecule has 0 spiro atoms. The minimum absolute atomic E-state index is 0.180. The van der Waals surface area contributed by atoms with Crippen molar-refractivity contribution in [3.05, 3.63) is 34.9 Å². The Labute approximate surface area is 112 Å². The maximum Gasteiger partial charge on any atom is 0.216 e. The molecule has 1 aromatic rings. The Balaban J connectivity index is 2.83. The van der Waals surface area contributed by atoms with E-state index in [1.165, 1.54) is 20.8 Å². The number of ketones is 1. The SMILES string of the molecule is CC(=O)C(C)(C)NS(=O)(=O)Cc1ccc(Cl)cc1.